The van der Waals surface area contributed by atoms with Crippen LogP contribution in [0.15, 0.2) is 11.1 Å². The Morgan fingerprint density at radius 2 is 1.55 bits per heavy atom. The highest BCUT2D eigenvalue weighted by Crippen LogP contribution is 2.50. The summed E-state index contributed by atoms with van der Waals surface area (Å²) in [4.78, 5) is 35.9. The number of carbonyl (C=O) groups excluding carboxylic acids is 3. The van der Waals surface area contributed by atoms with Crippen LogP contribution in [-0.2, 0) is 23.9 Å². The fourth-order valence-corrected chi connectivity index (χ4v) is 3.35. The quantitative estimate of drug-likeness (QED) is 0.719. The molecule has 20 heavy (non-hydrogen) atoms. The van der Waals surface area contributed by atoms with Crippen LogP contribution in [0.3, 0.4) is 0 Å². The van der Waals surface area contributed by atoms with E-state index in [1.165, 1.54) is 14.2 Å². The summed E-state index contributed by atoms with van der Waals surface area (Å²) >= 11 is 0. The molecule has 0 bridgehead atoms. The van der Waals surface area contributed by atoms with Crippen molar-refractivity contribution in [2.24, 2.45) is 17.3 Å². The molecule has 0 radical (unpaired) electrons. The van der Waals surface area contributed by atoms with E-state index in [4.69, 9.17) is 9.47 Å². The van der Waals surface area contributed by atoms with Crippen LogP contribution in [0.5, 0.6) is 0 Å². The predicted molar refractivity (Wildman–Crippen MR) is 70.7 cm³/mol. The summed E-state index contributed by atoms with van der Waals surface area (Å²) in [6.45, 7) is 4.00. The molecule has 0 saturated heterocycles. The summed E-state index contributed by atoms with van der Waals surface area (Å²) in [5.41, 5.74) is 1.48. The van der Waals surface area contributed by atoms with E-state index in [-0.39, 0.29) is 17.6 Å². The second kappa shape index (κ2) is 5.04. The Kier molecular flexibility index (Phi) is 3.71. The molecule has 0 spiro atoms. The molecule has 0 unspecified atom stereocenters. The fourth-order valence-electron chi connectivity index (χ4n) is 3.35. The van der Waals surface area contributed by atoms with Gasteiger partial charge in [-0.2, -0.15) is 0 Å². The first-order valence-corrected chi connectivity index (χ1v) is 6.73. The van der Waals surface area contributed by atoms with E-state index >= 15 is 0 Å². The number of allylic oxidation sites excluding steroid dienone is 2. The summed E-state index contributed by atoms with van der Waals surface area (Å²) < 4.78 is 9.57. The Bertz CT molecular complexity index is 500. The molecule has 110 valence electrons. The van der Waals surface area contributed by atoms with E-state index in [1.807, 2.05) is 13.8 Å². The van der Waals surface area contributed by atoms with Gasteiger partial charge in [-0.3, -0.25) is 14.4 Å². The van der Waals surface area contributed by atoms with E-state index in [0.717, 1.165) is 5.57 Å². The summed E-state index contributed by atoms with van der Waals surface area (Å²) in [5.74, 6) is -1.96. The molecule has 0 fully saturated rings. The lowest BCUT2D eigenvalue weighted by molar-refractivity contribution is -0.158. The van der Waals surface area contributed by atoms with Crippen molar-refractivity contribution in [3.8, 4) is 0 Å². The van der Waals surface area contributed by atoms with Gasteiger partial charge in [0.1, 0.15) is 0 Å². The number of hydrogen-bond donors (Lipinski definition) is 0. The normalized spacial score (nSPS) is 28.1. The van der Waals surface area contributed by atoms with Gasteiger partial charge in [0.2, 0.25) is 0 Å². The van der Waals surface area contributed by atoms with E-state index in [2.05, 4.69) is 0 Å². The number of hydrogen-bond acceptors (Lipinski definition) is 5. The van der Waals surface area contributed by atoms with Crippen molar-refractivity contribution in [2.45, 2.75) is 33.1 Å². The fraction of sp³-hybridized carbons (Fsp3) is 0.667. The van der Waals surface area contributed by atoms with Crippen LogP contribution in [0.4, 0.5) is 0 Å². The molecule has 2 aliphatic rings. The molecule has 0 saturated carbocycles. The molecule has 0 aliphatic heterocycles. The molecule has 2 atom stereocenters. The van der Waals surface area contributed by atoms with Gasteiger partial charge in [0, 0.05) is 6.42 Å². The van der Waals surface area contributed by atoms with E-state index < -0.39 is 23.8 Å². The molecule has 2 aliphatic carbocycles. The Morgan fingerprint density at radius 3 is 2.05 bits per heavy atom. The van der Waals surface area contributed by atoms with Gasteiger partial charge in [-0.25, -0.2) is 0 Å². The lowest BCUT2D eigenvalue weighted by atomic mass is 9.71. The molecule has 0 amide bonds. The van der Waals surface area contributed by atoms with Gasteiger partial charge >= 0.3 is 11.9 Å². The maximum absolute atomic E-state index is 12.1. The molecule has 0 aromatic rings. The minimum Gasteiger partial charge on any atom is -0.469 e. The first-order chi connectivity index (χ1) is 9.31. The maximum atomic E-state index is 12.1. The standard InChI is InChI=1S/C15H20O5/c1-15(2)7-12(16)10-5-8(13(17)19-3)9(6-11(10)15)14(18)20-4/h8-9H,5-7H2,1-4H3/t8-,9+/m0/s1. The predicted octanol–water partition coefficient (Wildman–Crippen LogP) is 1.65. The van der Waals surface area contributed by atoms with Crippen molar-refractivity contribution >= 4 is 17.7 Å². The smallest absolute Gasteiger partial charge is 0.309 e. The largest absolute Gasteiger partial charge is 0.469 e. The topological polar surface area (TPSA) is 69.7 Å². The Hall–Kier alpha value is -1.65. The molecule has 0 aromatic heterocycles. The van der Waals surface area contributed by atoms with Crippen molar-refractivity contribution in [3.05, 3.63) is 11.1 Å². The van der Waals surface area contributed by atoms with E-state index in [1.54, 1.807) is 0 Å². The van der Waals surface area contributed by atoms with Gasteiger partial charge < -0.3 is 9.47 Å². The Morgan fingerprint density at radius 1 is 1.05 bits per heavy atom. The summed E-state index contributed by atoms with van der Waals surface area (Å²) in [7, 11) is 2.60. The first kappa shape index (κ1) is 14.8. The number of esters is 2. The van der Waals surface area contributed by atoms with E-state index in [9.17, 15) is 14.4 Å². The highest BCUT2D eigenvalue weighted by molar-refractivity contribution is 6.01. The summed E-state index contributed by atoms with van der Waals surface area (Å²) in [6.07, 6.45) is 1.13. The first-order valence-electron chi connectivity index (χ1n) is 6.73. The zero-order valence-electron chi connectivity index (χ0n) is 12.3. The van der Waals surface area contributed by atoms with Gasteiger partial charge in [-0.15, -0.1) is 0 Å². The van der Waals surface area contributed by atoms with Crippen LogP contribution in [0, 0.1) is 17.3 Å². The summed E-state index contributed by atoms with van der Waals surface area (Å²) in [6, 6.07) is 0. The lowest BCUT2D eigenvalue weighted by Crippen LogP contribution is -2.36. The zero-order valence-corrected chi connectivity index (χ0v) is 12.3. The molecular weight excluding hydrogens is 260 g/mol. The van der Waals surface area contributed by atoms with Crippen molar-refractivity contribution in [1.82, 2.24) is 0 Å². The van der Waals surface area contributed by atoms with Crippen molar-refractivity contribution in [3.63, 3.8) is 0 Å². The van der Waals surface area contributed by atoms with Crippen LogP contribution >= 0.6 is 0 Å². The SMILES string of the molecule is COC(=O)[C@H]1CC2=C(C[C@H]1C(=O)OC)C(C)(C)CC2=O. The lowest BCUT2D eigenvalue weighted by Gasteiger charge is -2.32. The van der Waals surface area contributed by atoms with Gasteiger partial charge in [0.05, 0.1) is 26.1 Å². The molecule has 5 nitrogen and oxygen atoms in total. The number of Topliss-reactive ketones (excluding diaryl/α,β-unsaturated/α-hetero) is 1. The van der Waals surface area contributed by atoms with Gasteiger partial charge in [-0.05, 0) is 23.8 Å². The van der Waals surface area contributed by atoms with Crippen LogP contribution in [0.25, 0.3) is 0 Å². The van der Waals surface area contributed by atoms with Crippen LogP contribution in [0.2, 0.25) is 0 Å². The monoisotopic (exact) mass is 280 g/mol. The molecule has 2 rings (SSSR count). The minimum absolute atomic E-state index is 0.0854. The second-order valence-electron chi connectivity index (χ2n) is 6.11. The molecular formula is C15H20O5. The van der Waals surface area contributed by atoms with Crippen LogP contribution in [-0.4, -0.2) is 31.9 Å². The van der Waals surface area contributed by atoms with Gasteiger partial charge in [0.15, 0.2) is 5.78 Å². The second-order valence-corrected chi connectivity index (χ2v) is 6.11. The van der Waals surface area contributed by atoms with Gasteiger partial charge in [0.25, 0.3) is 0 Å². The summed E-state index contributed by atoms with van der Waals surface area (Å²) in [5, 5.41) is 0. The Labute approximate surface area is 118 Å². The average molecular weight is 280 g/mol. The van der Waals surface area contributed by atoms with Crippen LogP contribution < -0.4 is 0 Å². The van der Waals surface area contributed by atoms with E-state index in [0.29, 0.717) is 18.4 Å². The Balaban J connectivity index is 2.40. The molecule has 0 N–H and O–H groups in total. The average Bonchev–Trinajstić information content (AvgIpc) is 2.65. The molecule has 0 aromatic carbocycles. The highest BCUT2D eigenvalue weighted by atomic mass is 16.5. The maximum Gasteiger partial charge on any atom is 0.309 e. The zero-order chi connectivity index (χ0) is 15.1. The number of methoxy groups -OCH3 is 2. The number of ether oxygens (including phenoxy) is 2. The number of rotatable bonds is 2. The third kappa shape index (κ3) is 2.25. The number of ketones is 1. The number of carbonyl (C=O) groups is 3. The molecule has 5 heteroatoms. The van der Waals surface area contributed by atoms with Crippen molar-refractivity contribution in [1.29, 1.82) is 0 Å². The third-order valence-corrected chi connectivity index (χ3v) is 4.46. The highest BCUT2D eigenvalue weighted by Gasteiger charge is 2.48. The van der Waals surface area contributed by atoms with Crippen molar-refractivity contribution < 1.29 is 23.9 Å². The third-order valence-electron chi connectivity index (χ3n) is 4.46. The van der Waals surface area contributed by atoms with Gasteiger partial charge in [-0.1, -0.05) is 19.4 Å². The molecule has 0 heterocycles. The minimum atomic E-state index is -0.621. The van der Waals surface area contributed by atoms with Crippen LogP contribution in [0.1, 0.15) is 33.1 Å². The van der Waals surface area contributed by atoms with Crippen molar-refractivity contribution in [2.75, 3.05) is 14.2 Å².